The second-order valence-corrected chi connectivity index (χ2v) is 4.70. The first kappa shape index (κ1) is 9.70. The number of para-hydroxylation sites is 1. The van der Waals surface area contributed by atoms with Gasteiger partial charge in [0.25, 0.3) is 0 Å². The van der Waals surface area contributed by atoms with Crippen LogP contribution >= 0.6 is 0 Å². The number of hydrogen-bond acceptors (Lipinski definition) is 2. The third-order valence-electron chi connectivity index (χ3n) is 3.73. The Morgan fingerprint density at radius 1 is 1.19 bits per heavy atom. The molecule has 1 aromatic rings. The van der Waals surface area contributed by atoms with Crippen LogP contribution in [0.25, 0.3) is 0 Å². The van der Waals surface area contributed by atoms with Crippen LogP contribution in [0.2, 0.25) is 0 Å². The standard InChI is InChI=1S/C13H16N2O/c1-10(16)14-8-13-7-12(14)9-15(13)11-5-3-2-4-6-11/h2-6,12-13H,7-9H2,1H3/t12-,13-/m0/s1. The number of anilines is 1. The largest absolute Gasteiger partial charge is 0.365 e. The maximum atomic E-state index is 11.4. The summed E-state index contributed by atoms with van der Waals surface area (Å²) < 4.78 is 0. The molecule has 16 heavy (non-hydrogen) atoms. The molecule has 0 aromatic heterocycles. The molecule has 2 atom stereocenters. The van der Waals surface area contributed by atoms with Crippen LogP contribution in [0.15, 0.2) is 30.3 Å². The van der Waals surface area contributed by atoms with Crippen LogP contribution < -0.4 is 4.90 Å². The molecule has 0 saturated carbocycles. The normalized spacial score (nSPS) is 27.6. The molecular formula is C13H16N2O. The van der Waals surface area contributed by atoms with Gasteiger partial charge in [-0.15, -0.1) is 0 Å². The minimum atomic E-state index is 0.222. The Kier molecular flexibility index (Phi) is 2.13. The van der Waals surface area contributed by atoms with Gasteiger partial charge in [0, 0.05) is 31.7 Å². The smallest absolute Gasteiger partial charge is 0.219 e. The van der Waals surface area contributed by atoms with Crippen molar-refractivity contribution in [2.75, 3.05) is 18.0 Å². The molecule has 3 rings (SSSR count). The lowest BCUT2D eigenvalue weighted by Crippen LogP contribution is -2.48. The van der Waals surface area contributed by atoms with Gasteiger partial charge >= 0.3 is 0 Å². The first-order valence-corrected chi connectivity index (χ1v) is 5.84. The SMILES string of the molecule is CC(=O)N1C[C@@H]2C[C@H]1CN2c1ccccc1. The Morgan fingerprint density at radius 3 is 2.50 bits per heavy atom. The van der Waals surface area contributed by atoms with Crippen LogP contribution in [0.5, 0.6) is 0 Å². The van der Waals surface area contributed by atoms with Crippen molar-refractivity contribution in [3.05, 3.63) is 30.3 Å². The van der Waals surface area contributed by atoms with Gasteiger partial charge in [0.2, 0.25) is 5.91 Å². The Morgan fingerprint density at radius 2 is 1.94 bits per heavy atom. The molecule has 0 radical (unpaired) electrons. The van der Waals surface area contributed by atoms with Gasteiger partial charge in [-0.2, -0.15) is 0 Å². The molecule has 2 aliphatic rings. The highest BCUT2D eigenvalue weighted by Gasteiger charge is 2.44. The maximum absolute atomic E-state index is 11.4. The van der Waals surface area contributed by atoms with Crippen molar-refractivity contribution in [2.45, 2.75) is 25.4 Å². The number of rotatable bonds is 1. The van der Waals surface area contributed by atoms with Crippen molar-refractivity contribution in [2.24, 2.45) is 0 Å². The Labute approximate surface area is 95.7 Å². The summed E-state index contributed by atoms with van der Waals surface area (Å²) >= 11 is 0. The van der Waals surface area contributed by atoms with Crippen molar-refractivity contribution in [1.29, 1.82) is 0 Å². The molecule has 2 heterocycles. The number of piperazine rings is 1. The Balaban J connectivity index is 1.79. The average molecular weight is 216 g/mol. The summed E-state index contributed by atoms with van der Waals surface area (Å²) in [5.41, 5.74) is 1.29. The minimum Gasteiger partial charge on any atom is -0.365 e. The molecular weight excluding hydrogens is 200 g/mol. The average Bonchev–Trinajstić information content (AvgIpc) is 2.89. The van der Waals surface area contributed by atoms with E-state index >= 15 is 0 Å². The van der Waals surface area contributed by atoms with Gasteiger partial charge in [0.1, 0.15) is 0 Å². The van der Waals surface area contributed by atoms with Gasteiger partial charge in [-0.25, -0.2) is 0 Å². The highest BCUT2D eigenvalue weighted by atomic mass is 16.2. The van der Waals surface area contributed by atoms with E-state index in [2.05, 4.69) is 29.2 Å². The van der Waals surface area contributed by atoms with E-state index in [-0.39, 0.29) is 5.91 Å². The fourth-order valence-electron chi connectivity index (χ4n) is 2.99. The second kappa shape index (κ2) is 3.51. The molecule has 0 spiro atoms. The summed E-state index contributed by atoms with van der Waals surface area (Å²) in [6, 6.07) is 11.4. The van der Waals surface area contributed by atoms with E-state index in [9.17, 15) is 4.79 Å². The van der Waals surface area contributed by atoms with Crippen LogP contribution in [0.1, 0.15) is 13.3 Å². The lowest BCUT2D eigenvalue weighted by molar-refractivity contribution is -0.129. The monoisotopic (exact) mass is 216 g/mol. The van der Waals surface area contributed by atoms with Crippen molar-refractivity contribution in [1.82, 2.24) is 4.90 Å². The molecule has 2 bridgehead atoms. The van der Waals surface area contributed by atoms with Crippen LogP contribution in [-0.4, -0.2) is 36.0 Å². The van der Waals surface area contributed by atoms with Gasteiger partial charge in [0.05, 0.1) is 6.04 Å². The molecule has 2 saturated heterocycles. The molecule has 2 fully saturated rings. The van der Waals surface area contributed by atoms with Gasteiger partial charge < -0.3 is 9.80 Å². The third-order valence-corrected chi connectivity index (χ3v) is 3.73. The first-order chi connectivity index (χ1) is 7.75. The number of fused-ring (bicyclic) bond motifs is 2. The number of benzene rings is 1. The summed E-state index contributed by atoms with van der Waals surface area (Å²) in [5.74, 6) is 0.222. The molecule has 84 valence electrons. The second-order valence-electron chi connectivity index (χ2n) is 4.70. The molecule has 1 amide bonds. The van der Waals surface area contributed by atoms with Gasteiger partial charge in [0.15, 0.2) is 0 Å². The van der Waals surface area contributed by atoms with E-state index in [1.54, 1.807) is 6.92 Å². The Bertz CT molecular complexity index is 404. The highest BCUT2D eigenvalue weighted by molar-refractivity contribution is 5.75. The van der Waals surface area contributed by atoms with Gasteiger partial charge in [-0.3, -0.25) is 4.79 Å². The lowest BCUT2D eigenvalue weighted by Gasteiger charge is -2.35. The van der Waals surface area contributed by atoms with E-state index in [1.165, 1.54) is 5.69 Å². The van der Waals surface area contributed by atoms with Crippen molar-refractivity contribution < 1.29 is 4.79 Å². The number of hydrogen-bond donors (Lipinski definition) is 0. The molecule has 2 aliphatic heterocycles. The summed E-state index contributed by atoms with van der Waals surface area (Å²) in [4.78, 5) is 15.8. The first-order valence-electron chi connectivity index (χ1n) is 5.84. The quantitative estimate of drug-likeness (QED) is 0.710. The molecule has 0 unspecified atom stereocenters. The number of likely N-dealkylation sites (tertiary alicyclic amines) is 1. The van der Waals surface area contributed by atoms with E-state index in [1.807, 2.05) is 11.0 Å². The zero-order chi connectivity index (χ0) is 11.1. The maximum Gasteiger partial charge on any atom is 0.219 e. The molecule has 0 aliphatic carbocycles. The van der Waals surface area contributed by atoms with Crippen LogP contribution in [0, 0.1) is 0 Å². The van der Waals surface area contributed by atoms with Crippen molar-refractivity contribution in [3.8, 4) is 0 Å². The zero-order valence-corrected chi connectivity index (χ0v) is 9.47. The lowest BCUT2D eigenvalue weighted by atomic mass is 10.2. The molecule has 1 aromatic carbocycles. The molecule has 3 heteroatoms. The zero-order valence-electron chi connectivity index (χ0n) is 9.47. The number of carbonyl (C=O) groups excluding carboxylic acids is 1. The summed E-state index contributed by atoms with van der Waals surface area (Å²) in [7, 11) is 0. The Hall–Kier alpha value is -1.51. The van der Waals surface area contributed by atoms with Gasteiger partial charge in [-0.1, -0.05) is 18.2 Å². The van der Waals surface area contributed by atoms with Crippen LogP contribution in [0.4, 0.5) is 5.69 Å². The predicted octanol–water partition coefficient (Wildman–Crippen LogP) is 1.50. The number of nitrogens with zero attached hydrogens (tertiary/aromatic N) is 2. The topological polar surface area (TPSA) is 23.6 Å². The summed E-state index contributed by atoms with van der Waals surface area (Å²) in [5, 5.41) is 0. The number of carbonyl (C=O) groups is 1. The summed E-state index contributed by atoms with van der Waals surface area (Å²) in [6.07, 6.45) is 1.13. The van der Waals surface area contributed by atoms with Crippen LogP contribution in [-0.2, 0) is 4.79 Å². The van der Waals surface area contributed by atoms with E-state index < -0.39 is 0 Å². The fourth-order valence-corrected chi connectivity index (χ4v) is 2.99. The predicted molar refractivity (Wildman–Crippen MR) is 63.4 cm³/mol. The van der Waals surface area contributed by atoms with E-state index in [0.717, 1.165) is 19.5 Å². The molecule has 3 nitrogen and oxygen atoms in total. The highest BCUT2D eigenvalue weighted by Crippen LogP contribution is 2.34. The van der Waals surface area contributed by atoms with Crippen molar-refractivity contribution in [3.63, 3.8) is 0 Å². The van der Waals surface area contributed by atoms with E-state index in [4.69, 9.17) is 0 Å². The summed E-state index contributed by atoms with van der Waals surface area (Å²) in [6.45, 7) is 3.57. The third kappa shape index (κ3) is 1.39. The van der Waals surface area contributed by atoms with Crippen LogP contribution in [0.3, 0.4) is 0 Å². The van der Waals surface area contributed by atoms with Gasteiger partial charge in [-0.05, 0) is 18.6 Å². The van der Waals surface area contributed by atoms with Crippen molar-refractivity contribution >= 4 is 11.6 Å². The molecule has 0 N–H and O–H groups in total. The number of amides is 1. The fraction of sp³-hybridized carbons (Fsp3) is 0.462. The van der Waals surface area contributed by atoms with E-state index in [0.29, 0.717) is 12.1 Å². The minimum absolute atomic E-state index is 0.222.